The van der Waals surface area contributed by atoms with Crippen LogP contribution in [0.3, 0.4) is 0 Å². The molecule has 0 aliphatic heterocycles. The molecule has 1 aromatic heterocycles. The summed E-state index contributed by atoms with van der Waals surface area (Å²) < 4.78 is 0.675. The van der Waals surface area contributed by atoms with Crippen LogP contribution in [0, 0.1) is 0 Å². The molecule has 0 saturated heterocycles. The zero-order valence-electron chi connectivity index (χ0n) is 8.25. The molecule has 1 rings (SSSR count). The van der Waals surface area contributed by atoms with E-state index in [0.29, 0.717) is 10.3 Å². The molecule has 76 valence electrons. The highest BCUT2D eigenvalue weighted by molar-refractivity contribution is 9.10. The van der Waals surface area contributed by atoms with E-state index in [1.165, 1.54) is 0 Å². The summed E-state index contributed by atoms with van der Waals surface area (Å²) in [6.45, 7) is 4.00. The van der Waals surface area contributed by atoms with E-state index < -0.39 is 0 Å². The van der Waals surface area contributed by atoms with E-state index in [0.717, 1.165) is 6.42 Å². The predicted octanol–water partition coefficient (Wildman–Crippen LogP) is 2.37. The van der Waals surface area contributed by atoms with Crippen LogP contribution in [0.15, 0.2) is 22.8 Å². The Hall–Kier alpha value is -0.900. The Morgan fingerprint density at radius 2 is 2.36 bits per heavy atom. The van der Waals surface area contributed by atoms with E-state index in [9.17, 15) is 4.79 Å². The van der Waals surface area contributed by atoms with Gasteiger partial charge >= 0.3 is 0 Å². The third kappa shape index (κ3) is 3.10. The number of aromatic nitrogens is 1. The predicted molar refractivity (Wildman–Crippen MR) is 59.2 cm³/mol. The number of hydrogen-bond donors (Lipinski definition) is 1. The van der Waals surface area contributed by atoms with Crippen molar-refractivity contribution < 1.29 is 4.79 Å². The van der Waals surface area contributed by atoms with Crippen molar-refractivity contribution >= 4 is 21.8 Å². The van der Waals surface area contributed by atoms with Crippen molar-refractivity contribution in [2.75, 3.05) is 0 Å². The lowest BCUT2D eigenvalue weighted by Crippen LogP contribution is -2.32. The maximum Gasteiger partial charge on any atom is 0.270 e. The number of rotatable bonds is 3. The smallest absolute Gasteiger partial charge is 0.270 e. The fourth-order valence-electron chi connectivity index (χ4n) is 0.935. The second kappa shape index (κ2) is 5.10. The van der Waals surface area contributed by atoms with Gasteiger partial charge in [-0.2, -0.15) is 0 Å². The number of nitrogens with one attached hydrogen (secondary N) is 1. The molecule has 3 nitrogen and oxygen atoms in total. The second-order valence-electron chi connectivity index (χ2n) is 3.13. The van der Waals surface area contributed by atoms with Crippen LogP contribution in [-0.2, 0) is 0 Å². The average Bonchev–Trinajstić information content (AvgIpc) is 2.17. The topological polar surface area (TPSA) is 42.0 Å². The Morgan fingerprint density at radius 3 is 2.93 bits per heavy atom. The summed E-state index contributed by atoms with van der Waals surface area (Å²) in [5, 5.41) is 2.85. The Morgan fingerprint density at radius 1 is 1.64 bits per heavy atom. The number of pyridine rings is 1. The third-order valence-corrected chi connectivity index (χ3v) is 2.38. The summed E-state index contributed by atoms with van der Waals surface area (Å²) in [5.41, 5.74) is 0.444. The number of carbonyl (C=O) groups is 1. The summed E-state index contributed by atoms with van der Waals surface area (Å²) in [5.74, 6) is -0.124. The molecule has 0 spiro atoms. The van der Waals surface area contributed by atoms with E-state index in [4.69, 9.17) is 0 Å². The zero-order chi connectivity index (χ0) is 10.6. The van der Waals surface area contributed by atoms with Crippen molar-refractivity contribution in [3.05, 3.63) is 28.5 Å². The quantitative estimate of drug-likeness (QED) is 0.844. The van der Waals surface area contributed by atoms with Gasteiger partial charge in [-0.15, -0.1) is 0 Å². The highest BCUT2D eigenvalue weighted by Crippen LogP contribution is 2.06. The fourth-order valence-corrected chi connectivity index (χ4v) is 1.28. The Kier molecular flexibility index (Phi) is 4.07. The number of carbonyl (C=O) groups excluding carboxylic acids is 1. The molecular weight excluding hydrogens is 244 g/mol. The lowest BCUT2D eigenvalue weighted by molar-refractivity contribution is 0.0934. The molecule has 1 unspecified atom stereocenters. The van der Waals surface area contributed by atoms with Crippen molar-refractivity contribution in [3.8, 4) is 0 Å². The van der Waals surface area contributed by atoms with Gasteiger partial charge < -0.3 is 5.32 Å². The molecule has 1 atom stereocenters. The minimum Gasteiger partial charge on any atom is -0.348 e. The van der Waals surface area contributed by atoms with E-state index in [2.05, 4.69) is 26.2 Å². The molecule has 0 saturated carbocycles. The lowest BCUT2D eigenvalue weighted by Gasteiger charge is -2.10. The van der Waals surface area contributed by atoms with Crippen molar-refractivity contribution in [3.63, 3.8) is 0 Å². The summed E-state index contributed by atoms with van der Waals surface area (Å²) in [7, 11) is 0. The van der Waals surface area contributed by atoms with Crippen LogP contribution in [0.25, 0.3) is 0 Å². The van der Waals surface area contributed by atoms with Crippen LogP contribution in [-0.4, -0.2) is 16.9 Å². The Labute approximate surface area is 92.1 Å². The monoisotopic (exact) mass is 256 g/mol. The first-order valence-corrected chi connectivity index (χ1v) is 5.36. The molecule has 0 aliphatic carbocycles. The van der Waals surface area contributed by atoms with Gasteiger partial charge in [-0.3, -0.25) is 4.79 Å². The van der Waals surface area contributed by atoms with Crippen LogP contribution in [0.2, 0.25) is 0 Å². The Balaban J connectivity index is 2.70. The van der Waals surface area contributed by atoms with Crippen LogP contribution in [0.1, 0.15) is 30.8 Å². The SMILES string of the molecule is CCC(C)NC(=O)c1cccc(Br)n1. The molecule has 1 heterocycles. The number of hydrogen-bond acceptors (Lipinski definition) is 2. The lowest BCUT2D eigenvalue weighted by atomic mass is 10.2. The number of amides is 1. The first kappa shape index (κ1) is 11.2. The highest BCUT2D eigenvalue weighted by Gasteiger charge is 2.09. The molecule has 0 radical (unpaired) electrons. The molecule has 0 fully saturated rings. The first-order chi connectivity index (χ1) is 6.63. The van der Waals surface area contributed by atoms with Gasteiger partial charge in [0.05, 0.1) is 0 Å². The standard InChI is InChI=1S/C10H13BrN2O/c1-3-7(2)12-10(14)8-5-4-6-9(11)13-8/h4-7H,3H2,1-2H3,(H,12,14). The van der Waals surface area contributed by atoms with Gasteiger partial charge in [-0.05, 0) is 41.4 Å². The van der Waals surface area contributed by atoms with E-state index in [-0.39, 0.29) is 11.9 Å². The largest absolute Gasteiger partial charge is 0.348 e. The Bertz CT molecular complexity index is 328. The maximum atomic E-state index is 11.6. The fraction of sp³-hybridized carbons (Fsp3) is 0.400. The van der Waals surface area contributed by atoms with E-state index in [1.807, 2.05) is 13.8 Å². The first-order valence-electron chi connectivity index (χ1n) is 4.57. The van der Waals surface area contributed by atoms with Gasteiger partial charge in [0.2, 0.25) is 0 Å². The summed E-state index contributed by atoms with van der Waals surface area (Å²) >= 11 is 3.22. The van der Waals surface area contributed by atoms with E-state index >= 15 is 0 Å². The van der Waals surface area contributed by atoms with Crippen LogP contribution in [0.4, 0.5) is 0 Å². The minimum atomic E-state index is -0.124. The third-order valence-electron chi connectivity index (χ3n) is 1.94. The van der Waals surface area contributed by atoms with Gasteiger partial charge in [-0.1, -0.05) is 13.0 Å². The molecule has 14 heavy (non-hydrogen) atoms. The molecular formula is C10H13BrN2O. The van der Waals surface area contributed by atoms with Gasteiger partial charge in [0.25, 0.3) is 5.91 Å². The minimum absolute atomic E-state index is 0.124. The van der Waals surface area contributed by atoms with Gasteiger partial charge in [0, 0.05) is 6.04 Å². The number of nitrogens with zero attached hydrogens (tertiary/aromatic N) is 1. The molecule has 1 N–H and O–H groups in total. The zero-order valence-corrected chi connectivity index (χ0v) is 9.84. The molecule has 0 aliphatic rings. The molecule has 0 aromatic carbocycles. The maximum absolute atomic E-state index is 11.6. The van der Waals surface area contributed by atoms with Crippen LogP contribution < -0.4 is 5.32 Å². The molecule has 4 heteroatoms. The molecule has 0 bridgehead atoms. The molecule has 1 amide bonds. The van der Waals surface area contributed by atoms with Crippen molar-refractivity contribution in [1.29, 1.82) is 0 Å². The van der Waals surface area contributed by atoms with E-state index in [1.54, 1.807) is 18.2 Å². The second-order valence-corrected chi connectivity index (χ2v) is 3.94. The number of halogens is 1. The summed E-state index contributed by atoms with van der Waals surface area (Å²) in [6.07, 6.45) is 0.916. The van der Waals surface area contributed by atoms with Crippen molar-refractivity contribution in [1.82, 2.24) is 10.3 Å². The normalized spacial score (nSPS) is 12.2. The van der Waals surface area contributed by atoms with Crippen LogP contribution in [0.5, 0.6) is 0 Å². The summed E-state index contributed by atoms with van der Waals surface area (Å²) in [4.78, 5) is 15.6. The van der Waals surface area contributed by atoms with Gasteiger partial charge in [-0.25, -0.2) is 4.98 Å². The van der Waals surface area contributed by atoms with Gasteiger partial charge in [0.15, 0.2) is 0 Å². The average molecular weight is 257 g/mol. The summed E-state index contributed by atoms with van der Waals surface area (Å²) in [6, 6.07) is 5.47. The van der Waals surface area contributed by atoms with Crippen molar-refractivity contribution in [2.24, 2.45) is 0 Å². The van der Waals surface area contributed by atoms with Gasteiger partial charge in [0.1, 0.15) is 10.3 Å². The van der Waals surface area contributed by atoms with Crippen molar-refractivity contribution in [2.45, 2.75) is 26.3 Å². The highest BCUT2D eigenvalue weighted by atomic mass is 79.9. The van der Waals surface area contributed by atoms with Crippen LogP contribution >= 0.6 is 15.9 Å². The molecule has 1 aromatic rings.